The Labute approximate surface area is 159 Å². The molecule has 0 rings (SSSR count). The highest BCUT2D eigenvalue weighted by atomic mass is 16.1. The zero-order valence-electron chi connectivity index (χ0n) is 17.8. The molecule has 0 aromatic carbocycles. The van der Waals surface area contributed by atoms with E-state index in [9.17, 15) is 4.79 Å². The van der Waals surface area contributed by atoms with Gasteiger partial charge in [-0.15, -0.1) is 0 Å². The topological polar surface area (TPSA) is 20.3 Å². The minimum Gasteiger partial charge on any atom is -0.303 e. The van der Waals surface area contributed by atoms with Crippen molar-refractivity contribution < 1.29 is 4.79 Å². The highest BCUT2D eigenvalue weighted by Crippen LogP contribution is 2.10. The molecule has 2 nitrogen and oxygen atoms in total. The Bertz CT molecular complexity index is 261. The maximum Gasteiger partial charge on any atom is 0.129 e. The number of nitrogens with zero attached hydrogens (tertiary/aromatic N) is 1. The Kier molecular flexibility index (Phi) is 19.7. The molecule has 0 aromatic heterocycles. The van der Waals surface area contributed by atoms with Crippen molar-refractivity contribution in [2.75, 3.05) is 19.6 Å². The lowest BCUT2D eigenvalue weighted by atomic mass is 10.1. The van der Waals surface area contributed by atoms with Crippen molar-refractivity contribution in [2.24, 2.45) is 0 Å². The first-order valence-corrected chi connectivity index (χ1v) is 11.4. The third-order valence-electron chi connectivity index (χ3n) is 5.16. The number of hydrogen-bond donors (Lipinski definition) is 0. The van der Waals surface area contributed by atoms with E-state index in [0.29, 0.717) is 5.78 Å². The minimum atomic E-state index is 0.344. The number of rotatable bonds is 20. The van der Waals surface area contributed by atoms with Gasteiger partial charge in [0.25, 0.3) is 0 Å². The summed E-state index contributed by atoms with van der Waals surface area (Å²) in [5.41, 5.74) is 0. The summed E-state index contributed by atoms with van der Waals surface area (Å²) >= 11 is 0. The maximum absolute atomic E-state index is 11.0. The van der Waals surface area contributed by atoms with Gasteiger partial charge in [0.15, 0.2) is 0 Å². The molecule has 0 aliphatic rings. The van der Waals surface area contributed by atoms with Gasteiger partial charge in [0.05, 0.1) is 0 Å². The molecule has 0 saturated heterocycles. The predicted molar refractivity (Wildman–Crippen MR) is 112 cm³/mol. The zero-order valence-corrected chi connectivity index (χ0v) is 17.8. The number of Topliss-reactive ketones (excluding diaryl/α,β-unsaturated/α-hetero) is 1. The number of hydrogen-bond acceptors (Lipinski definition) is 2. The van der Waals surface area contributed by atoms with Gasteiger partial charge in [-0.3, -0.25) is 0 Å². The SMILES string of the molecule is CCCCCCCCN(CCCCCCCC)CCCCCC(C)=O. The Balaban J connectivity index is 3.81. The molecule has 0 saturated carbocycles. The number of carbonyl (C=O) groups is 1. The molecule has 0 fully saturated rings. The fourth-order valence-corrected chi connectivity index (χ4v) is 3.45. The van der Waals surface area contributed by atoms with Crippen molar-refractivity contribution in [2.45, 2.75) is 124 Å². The van der Waals surface area contributed by atoms with E-state index in [1.807, 2.05) is 0 Å². The zero-order chi connectivity index (χ0) is 18.6. The van der Waals surface area contributed by atoms with Crippen molar-refractivity contribution in [1.82, 2.24) is 4.90 Å². The molecule has 25 heavy (non-hydrogen) atoms. The average molecular weight is 354 g/mol. The van der Waals surface area contributed by atoms with Crippen LogP contribution in [-0.4, -0.2) is 30.3 Å². The summed E-state index contributed by atoms with van der Waals surface area (Å²) in [6.07, 6.45) is 21.0. The quantitative estimate of drug-likeness (QED) is 0.216. The fourth-order valence-electron chi connectivity index (χ4n) is 3.45. The monoisotopic (exact) mass is 353 g/mol. The second-order valence-corrected chi connectivity index (χ2v) is 7.89. The molecular formula is C23H47NO. The summed E-state index contributed by atoms with van der Waals surface area (Å²) in [5.74, 6) is 0.344. The molecule has 0 amide bonds. The first-order chi connectivity index (χ1) is 12.2. The first-order valence-electron chi connectivity index (χ1n) is 11.4. The summed E-state index contributed by atoms with van der Waals surface area (Å²) in [7, 11) is 0. The van der Waals surface area contributed by atoms with Gasteiger partial charge in [-0.25, -0.2) is 0 Å². The molecule has 0 atom stereocenters. The number of unbranched alkanes of at least 4 members (excludes halogenated alkanes) is 12. The lowest BCUT2D eigenvalue weighted by molar-refractivity contribution is -0.117. The van der Waals surface area contributed by atoms with Crippen LogP contribution in [-0.2, 0) is 4.79 Å². The van der Waals surface area contributed by atoms with Gasteiger partial charge in [-0.2, -0.15) is 0 Å². The Hall–Kier alpha value is -0.370. The summed E-state index contributed by atoms with van der Waals surface area (Å²) < 4.78 is 0. The van der Waals surface area contributed by atoms with Gasteiger partial charge < -0.3 is 9.69 Å². The predicted octanol–water partition coefficient (Wildman–Crippen LogP) is 7.16. The van der Waals surface area contributed by atoms with Gasteiger partial charge in [0.1, 0.15) is 5.78 Å². The van der Waals surface area contributed by atoms with Crippen LogP contribution in [0.25, 0.3) is 0 Å². The average Bonchev–Trinajstić information content (AvgIpc) is 2.59. The van der Waals surface area contributed by atoms with E-state index in [-0.39, 0.29) is 0 Å². The highest BCUT2D eigenvalue weighted by molar-refractivity contribution is 5.75. The summed E-state index contributed by atoms with van der Waals surface area (Å²) in [6.45, 7) is 10.1. The van der Waals surface area contributed by atoms with Crippen LogP contribution in [0.2, 0.25) is 0 Å². The van der Waals surface area contributed by atoms with Crippen molar-refractivity contribution in [1.29, 1.82) is 0 Å². The minimum absolute atomic E-state index is 0.344. The van der Waals surface area contributed by atoms with Crippen LogP contribution in [0, 0.1) is 0 Å². The van der Waals surface area contributed by atoms with Crippen LogP contribution in [0.1, 0.15) is 124 Å². The van der Waals surface area contributed by atoms with Crippen LogP contribution in [0.4, 0.5) is 0 Å². The molecule has 0 heterocycles. The van der Waals surface area contributed by atoms with E-state index in [1.165, 1.54) is 110 Å². The second-order valence-electron chi connectivity index (χ2n) is 7.89. The summed E-state index contributed by atoms with van der Waals surface area (Å²) in [4.78, 5) is 13.7. The second kappa shape index (κ2) is 19.9. The first kappa shape index (κ1) is 24.6. The standard InChI is InChI=1S/C23H47NO/c1-4-6-8-10-12-16-20-24(21-17-13-11-9-7-5-2)22-18-14-15-19-23(3)25/h4-22H2,1-3H3. The lowest BCUT2D eigenvalue weighted by Crippen LogP contribution is -2.27. The molecule has 0 N–H and O–H groups in total. The van der Waals surface area contributed by atoms with Gasteiger partial charge in [-0.05, 0) is 52.2 Å². The molecular weight excluding hydrogens is 306 g/mol. The molecule has 0 aliphatic heterocycles. The third-order valence-corrected chi connectivity index (χ3v) is 5.16. The van der Waals surface area contributed by atoms with E-state index in [4.69, 9.17) is 0 Å². The van der Waals surface area contributed by atoms with Crippen molar-refractivity contribution in [3.05, 3.63) is 0 Å². The smallest absolute Gasteiger partial charge is 0.129 e. The van der Waals surface area contributed by atoms with Gasteiger partial charge in [0.2, 0.25) is 0 Å². The Morgan fingerprint density at radius 1 is 0.560 bits per heavy atom. The highest BCUT2D eigenvalue weighted by Gasteiger charge is 2.05. The van der Waals surface area contributed by atoms with Crippen molar-refractivity contribution in [3.8, 4) is 0 Å². The van der Waals surface area contributed by atoms with Crippen LogP contribution < -0.4 is 0 Å². The number of carbonyl (C=O) groups excluding carboxylic acids is 1. The van der Waals surface area contributed by atoms with Gasteiger partial charge in [0, 0.05) is 6.42 Å². The van der Waals surface area contributed by atoms with E-state index in [0.717, 1.165) is 12.8 Å². The number of ketones is 1. The molecule has 0 aromatic rings. The van der Waals surface area contributed by atoms with Crippen LogP contribution in [0.3, 0.4) is 0 Å². The molecule has 0 spiro atoms. The van der Waals surface area contributed by atoms with Crippen LogP contribution in [0.15, 0.2) is 0 Å². The largest absolute Gasteiger partial charge is 0.303 e. The summed E-state index contributed by atoms with van der Waals surface area (Å²) in [6, 6.07) is 0. The van der Waals surface area contributed by atoms with Crippen LogP contribution >= 0.6 is 0 Å². The maximum atomic E-state index is 11.0. The van der Waals surface area contributed by atoms with E-state index in [2.05, 4.69) is 18.7 Å². The lowest BCUT2D eigenvalue weighted by Gasteiger charge is -2.22. The van der Waals surface area contributed by atoms with Crippen molar-refractivity contribution in [3.63, 3.8) is 0 Å². The molecule has 0 radical (unpaired) electrons. The Morgan fingerprint density at radius 2 is 0.920 bits per heavy atom. The van der Waals surface area contributed by atoms with Gasteiger partial charge >= 0.3 is 0 Å². The van der Waals surface area contributed by atoms with E-state index >= 15 is 0 Å². The van der Waals surface area contributed by atoms with E-state index < -0.39 is 0 Å². The van der Waals surface area contributed by atoms with Crippen molar-refractivity contribution >= 4 is 5.78 Å². The molecule has 0 unspecified atom stereocenters. The van der Waals surface area contributed by atoms with Gasteiger partial charge in [-0.1, -0.05) is 84.5 Å². The molecule has 0 bridgehead atoms. The summed E-state index contributed by atoms with van der Waals surface area (Å²) in [5, 5.41) is 0. The van der Waals surface area contributed by atoms with E-state index in [1.54, 1.807) is 6.92 Å². The normalized spacial score (nSPS) is 11.4. The van der Waals surface area contributed by atoms with Crippen LogP contribution in [0.5, 0.6) is 0 Å². The molecule has 150 valence electrons. The molecule has 0 aliphatic carbocycles. The molecule has 2 heteroatoms. The Morgan fingerprint density at radius 3 is 1.32 bits per heavy atom. The third kappa shape index (κ3) is 19.8. The fraction of sp³-hybridized carbons (Fsp3) is 0.957.